The van der Waals surface area contributed by atoms with E-state index in [2.05, 4.69) is 23.4 Å². The molecule has 2 N–H and O–H groups in total. The molecule has 0 spiro atoms. The molecule has 1 heterocycles. The van der Waals surface area contributed by atoms with Gasteiger partial charge < -0.3 is 14.8 Å². The lowest BCUT2D eigenvalue weighted by atomic mass is 10.2. The van der Waals surface area contributed by atoms with E-state index in [1.54, 1.807) is 18.2 Å². The van der Waals surface area contributed by atoms with Crippen LogP contribution in [-0.4, -0.2) is 32.3 Å². The summed E-state index contributed by atoms with van der Waals surface area (Å²) in [6.07, 6.45) is 1.34. The molecule has 102 valence electrons. The zero-order valence-corrected chi connectivity index (χ0v) is 11.1. The van der Waals surface area contributed by atoms with Crippen LogP contribution in [-0.2, 0) is 6.42 Å². The van der Waals surface area contributed by atoms with Crippen molar-refractivity contribution >= 4 is 17.0 Å². The number of hydrogen-bond donors (Lipinski definition) is 2. The number of aryl methyl sites for hydroxylation is 1. The fourth-order valence-electron chi connectivity index (χ4n) is 2.27. The summed E-state index contributed by atoms with van der Waals surface area (Å²) < 4.78 is 2.09. The molecule has 0 aliphatic heterocycles. The number of carbonyl (C=O) groups is 1. The van der Waals surface area contributed by atoms with Gasteiger partial charge in [-0.3, -0.25) is 0 Å². The van der Waals surface area contributed by atoms with Crippen molar-refractivity contribution in [1.82, 2.24) is 9.55 Å². The maximum absolute atomic E-state index is 11.0. The molecule has 0 saturated heterocycles. The fraction of sp³-hybridized carbons (Fsp3) is 0.429. The van der Waals surface area contributed by atoms with Crippen LogP contribution in [0.1, 0.15) is 42.5 Å². The molecule has 0 aliphatic carbocycles. The van der Waals surface area contributed by atoms with Gasteiger partial charge in [-0.1, -0.05) is 0 Å². The number of aromatic nitrogens is 2. The minimum atomic E-state index is -0.946. The van der Waals surface area contributed by atoms with Gasteiger partial charge in [0, 0.05) is 19.1 Å². The molecule has 0 unspecified atom stereocenters. The highest BCUT2D eigenvalue weighted by atomic mass is 16.4. The Bertz CT molecular complexity index is 602. The Balaban J connectivity index is 2.55. The minimum absolute atomic E-state index is 0.127. The third-order valence-corrected chi connectivity index (χ3v) is 3.08. The van der Waals surface area contributed by atoms with Gasteiger partial charge in [0.15, 0.2) is 0 Å². The summed E-state index contributed by atoms with van der Waals surface area (Å²) in [4.78, 5) is 15.5. The number of hydrogen-bond acceptors (Lipinski definition) is 3. The molecule has 0 aliphatic rings. The number of fused-ring (bicyclic) bond motifs is 1. The van der Waals surface area contributed by atoms with E-state index in [0.717, 1.165) is 11.3 Å². The normalized spacial score (nSPS) is 11.4. The number of nitrogens with zero attached hydrogens (tertiary/aromatic N) is 2. The number of imidazole rings is 1. The minimum Gasteiger partial charge on any atom is -0.478 e. The van der Waals surface area contributed by atoms with Crippen molar-refractivity contribution in [2.24, 2.45) is 0 Å². The van der Waals surface area contributed by atoms with E-state index in [0.29, 0.717) is 18.4 Å². The van der Waals surface area contributed by atoms with E-state index in [1.165, 1.54) is 0 Å². The van der Waals surface area contributed by atoms with E-state index in [9.17, 15) is 4.79 Å². The van der Waals surface area contributed by atoms with Gasteiger partial charge in [0.05, 0.1) is 16.6 Å². The Morgan fingerprint density at radius 2 is 2.16 bits per heavy atom. The summed E-state index contributed by atoms with van der Waals surface area (Å²) in [5.74, 6) is -0.0560. The molecule has 0 atom stereocenters. The van der Waals surface area contributed by atoms with Crippen LogP contribution in [0.3, 0.4) is 0 Å². The first-order valence-corrected chi connectivity index (χ1v) is 6.39. The number of aliphatic hydroxyl groups is 1. The SMILES string of the molecule is CC(C)n1c(CCCO)nc2cc(C(=O)O)ccc21. The molecule has 0 amide bonds. The maximum atomic E-state index is 11.0. The van der Waals surface area contributed by atoms with Gasteiger partial charge >= 0.3 is 5.97 Å². The number of carboxylic acid groups (broad SMARTS) is 1. The number of carboxylic acids is 1. The Kier molecular flexibility index (Phi) is 3.85. The molecule has 2 aromatic rings. The molecule has 1 aromatic heterocycles. The highest BCUT2D eigenvalue weighted by Crippen LogP contribution is 2.23. The lowest BCUT2D eigenvalue weighted by Crippen LogP contribution is -2.07. The number of benzene rings is 1. The van der Waals surface area contributed by atoms with Crippen LogP contribution in [0.4, 0.5) is 0 Å². The molecule has 0 fully saturated rings. The zero-order valence-electron chi connectivity index (χ0n) is 11.1. The maximum Gasteiger partial charge on any atom is 0.335 e. The standard InChI is InChI=1S/C14H18N2O3/c1-9(2)16-12-6-5-10(14(18)19)8-11(12)15-13(16)4-3-7-17/h5-6,8-9,17H,3-4,7H2,1-2H3,(H,18,19). The first kappa shape index (κ1) is 13.5. The molecule has 0 radical (unpaired) electrons. The lowest BCUT2D eigenvalue weighted by Gasteiger charge is -2.12. The van der Waals surface area contributed by atoms with E-state index in [4.69, 9.17) is 10.2 Å². The van der Waals surface area contributed by atoms with Gasteiger partial charge in [0.25, 0.3) is 0 Å². The zero-order chi connectivity index (χ0) is 14.0. The molecule has 5 nitrogen and oxygen atoms in total. The van der Waals surface area contributed by atoms with E-state index in [1.807, 2.05) is 0 Å². The van der Waals surface area contributed by atoms with Gasteiger partial charge in [-0.2, -0.15) is 0 Å². The second-order valence-corrected chi connectivity index (χ2v) is 4.83. The van der Waals surface area contributed by atoms with Crippen LogP contribution in [0, 0.1) is 0 Å². The molecule has 0 bridgehead atoms. The topological polar surface area (TPSA) is 75.3 Å². The van der Waals surface area contributed by atoms with E-state index in [-0.39, 0.29) is 18.2 Å². The first-order valence-electron chi connectivity index (χ1n) is 6.39. The van der Waals surface area contributed by atoms with Crippen LogP contribution < -0.4 is 0 Å². The third kappa shape index (κ3) is 2.61. The Morgan fingerprint density at radius 3 is 2.74 bits per heavy atom. The highest BCUT2D eigenvalue weighted by molar-refractivity contribution is 5.92. The predicted octanol–water partition coefficient (Wildman–Crippen LogP) is 2.24. The summed E-state index contributed by atoms with van der Waals surface area (Å²) in [5, 5.41) is 17.9. The summed E-state index contributed by atoms with van der Waals surface area (Å²) in [7, 11) is 0. The molecular formula is C14H18N2O3. The summed E-state index contributed by atoms with van der Waals surface area (Å²) >= 11 is 0. The van der Waals surface area contributed by atoms with Crippen LogP contribution in [0.15, 0.2) is 18.2 Å². The number of rotatable bonds is 5. The third-order valence-electron chi connectivity index (χ3n) is 3.08. The van der Waals surface area contributed by atoms with Gasteiger partial charge in [0.1, 0.15) is 5.82 Å². The predicted molar refractivity (Wildman–Crippen MR) is 72.5 cm³/mol. The Morgan fingerprint density at radius 1 is 1.42 bits per heavy atom. The molecule has 0 saturated carbocycles. The van der Waals surface area contributed by atoms with Crippen LogP contribution >= 0.6 is 0 Å². The number of aliphatic hydroxyl groups excluding tert-OH is 1. The van der Waals surface area contributed by atoms with E-state index < -0.39 is 5.97 Å². The molecule has 5 heteroatoms. The van der Waals surface area contributed by atoms with Crippen molar-refractivity contribution in [2.45, 2.75) is 32.7 Å². The largest absolute Gasteiger partial charge is 0.478 e. The second-order valence-electron chi connectivity index (χ2n) is 4.83. The van der Waals surface area contributed by atoms with E-state index >= 15 is 0 Å². The van der Waals surface area contributed by atoms with Crippen molar-refractivity contribution in [1.29, 1.82) is 0 Å². The smallest absolute Gasteiger partial charge is 0.335 e. The van der Waals surface area contributed by atoms with Crippen molar-refractivity contribution in [3.8, 4) is 0 Å². The van der Waals surface area contributed by atoms with Gasteiger partial charge in [-0.15, -0.1) is 0 Å². The summed E-state index contributed by atoms with van der Waals surface area (Å²) in [5.41, 5.74) is 1.88. The average molecular weight is 262 g/mol. The van der Waals surface area contributed by atoms with Crippen molar-refractivity contribution in [2.75, 3.05) is 6.61 Å². The Labute approximate surface area is 111 Å². The van der Waals surface area contributed by atoms with Gasteiger partial charge in [-0.05, 0) is 38.5 Å². The van der Waals surface area contributed by atoms with Gasteiger partial charge in [0.2, 0.25) is 0 Å². The lowest BCUT2D eigenvalue weighted by molar-refractivity contribution is 0.0697. The molecule has 1 aromatic carbocycles. The monoisotopic (exact) mass is 262 g/mol. The summed E-state index contributed by atoms with van der Waals surface area (Å²) in [6.45, 7) is 4.25. The molecule has 19 heavy (non-hydrogen) atoms. The fourth-order valence-corrected chi connectivity index (χ4v) is 2.27. The number of aromatic carboxylic acids is 1. The Hall–Kier alpha value is -1.88. The summed E-state index contributed by atoms with van der Waals surface area (Å²) in [6, 6.07) is 5.24. The first-order chi connectivity index (χ1) is 9.04. The van der Waals surface area contributed by atoms with Crippen molar-refractivity contribution in [3.63, 3.8) is 0 Å². The molecular weight excluding hydrogens is 244 g/mol. The second kappa shape index (κ2) is 5.40. The van der Waals surface area contributed by atoms with Gasteiger partial charge in [-0.25, -0.2) is 9.78 Å². The quantitative estimate of drug-likeness (QED) is 0.866. The van der Waals surface area contributed by atoms with Crippen LogP contribution in [0.25, 0.3) is 11.0 Å². The van der Waals surface area contributed by atoms with Crippen molar-refractivity contribution in [3.05, 3.63) is 29.6 Å². The highest BCUT2D eigenvalue weighted by Gasteiger charge is 2.14. The molecule has 2 rings (SSSR count). The van der Waals surface area contributed by atoms with Crippen molar-refractivity contribution < 1.29 is 15.0 Å². The van der Waals surface area contributed by atoms with Crippen LogP contribution in [0.5, 0.6) is 0 Å². The average Bonchev–Trinajstić information content (AvgIpc) is 2.73. The van der Waals surface area contributed by atoms with Crippen LogP contribution in [0.2, 0.25) is 0 Å².